The van der Waals surface area contributed by atoms with E-state index in [0.717, 1.165) is 25.9 Å². The van der Waals surface area contributed by atoms with Crippen LogP contribution in [0.25, 0.3) is 0 Å². The van der Waals surface area contributed by atoms with Crippen molar-refractivity contribution in [3.8, 4) is 0 Å². The third-order valence-corrected chi connectivity index (χ3v) is 8.83. The predicted octanol–water partition coefficient (Wildman–Crippen LogP) is 0.722. The number of piperidine rings is 2. The largest absolute Gasteiger partial charge is 0.353 e. The number of carbonyl (C=O) groups excluding carboxylic acids is 1. The second kappa shape index (κ2) is 8.82. The summed E-state index contributed by atoms with van der Waals surface area (Å²) in [5, 5.41) is 4.99. The van der Waals surface area contributed by atoms with Gasteiger partial charge in [0.15, 0.2) is 0 Å². The van der Waals surface area contributed by atoms with Crippen molar-refractivity contribution in [3.05, 3.63) is 17.5 Å². The highest BCUT2D eigenvalue weighted by Crippen LogP contribution is 2.26. The first-order valence-electron chi connectivity index (χ1n) is 9.68. The van der Waals surface area contributed by atoms with E-state index in [-0.39, 0.29) is 17.9 Å². The summed E-state index contributed by atoms with van der Waals surface area (Å²) in [6.45, 7) is 6.56. The molecule has 26 heavy (non-hydrogen) atoms. The Balaban J connectivity index is 1.46. The van der Waals surface area contributed by atoms with E-state index in [9.17, 15) is 13.2 Å². The van der Waals surface area contributed by atoms with Crippen LogP contribution in [0, 0.1) is 5.92 Å². The van der Waals surface area contributed by atoms with Crippen molar-refractivity contribution in [2.75, 3.05) is 32.7 Å². The van der Waals surface area contributed by atoms with Gasteiger partial charge in [-0.3, -0.25) is 4.79 Å². The number of carbonyl (C=O) groups is 1. The van der Waals surface area contributed by atoms with Gasteiger partial charge in [-0.2, -0.15) is 4.31 Å². The average molecular weight is 401 g/mol. The lowest BCUT2D eigenvalue weighted by atomic mass is 9.96. The normalized spacial score (nSPS) is 25.9. The molecule has 146 valence electrons. The van der Waals surface area contributed by atoms with Gasteiger partial charge >= 0.3 is 0 Å². The quantitative estimate of drug-likeness (QED) is 0.739. The molecule has 0 bridgehead atoms. The van der Waals surface area contributed by atoms with E-state index in [2.05, 4.69) is 12.2 Å². The zero-order valence-electron chi connectivity index (χ0n) is 15.4. The Labute approximate surface area is 160 Å². The van der Waals surface area contributed by atoms with Crippen LogP contribution in [0.4, 0.5) is 0 Å². The van der Waals surface area contributed by atoms with Gasteiger partial charge < -0.3 is 10.2 Å². The molecule has 2 N–H and O–H groups in total. The SMILES string of the molecule is CCC[NH+]1CCC(NC(=O)C2CCN(S(=O)(=O)c3cccs3)CC2)CC1. The van der Waals surface area contributed by atoms with Gasteiger partial charge in [0.25, 0.3) is 10.0 Å². The van der Waals surface area contributed by atoms with Crippen molar-refractivity contribution < 1.29 is 18.1 Å². The molecule has 1 aromatic rings. The number of amides is 1. The van der Waals surface area contributed by atoms with Crippen molar-refractivity contribution >= 4 is 27.3 Å². The van der Waals surface area contributed by atoms with Gasteiger partial charge in [-0.25, -0.2) is 8.42 Å². The molecule has 2 saturated heterocycles. The Morgan fingerprint density at radius 3 is 2.54 bits per heavy atom. The van der Waals surface area contributed by atoms with Gasteiger partial charge in [-0.15, -0.1) is 11.3 Å². The first-order chi connectivity index (χ1) is 12.5. The van der Waals surface area contributed by atoms with Crippen molar-refractivity contribution in [2.45, 2.75) is 49.3 Å². The van der Waals surface area contributed by atoms with Gasteiger partial charge in [-0.1, -0.05) is 13.0 Å². The monoisotopic (exact) mass is 400 g/mol. The summed E-state index contributed by atoms with van der Waals surface area (Å²) >= 11 is 1.25. The highest BCUT2D eigenvalue weighted by atomic mass is 32.2. The molecule has 6 nitrogen and oxygen atoms in total. The fourth-order valence-electron chi connectivity index (χ4n) is 3.99. The lowest BCUT2D eigenvalue weighted by molar-refractivity contribution is -0.905. The standard InChI is InChI=1S/C18H29N3O3S2/c1-2-9-20-10-7-16(8-11-20)19-18(22)15-5-12-21(13-6-15)26(23,24)17-4-3-14-25-17/h3-4,14-16H,2,5-13H2,1H3,(H,19,22)/p+1. The van der Waals surface area contributed by atoms with Crippen LogP contribution in [-0.2, 0) is 14.8 Å². The molecule has 0 radical (unpaired) electrons. The summed E-state index contributed by atoms with van der Waals surface area (Å²) in [5.74, 6) is 0.0490. The van der Waals surface area contributed by atoms with E-state index < -0.39 is 10.0 Å². The molecule has 0 aromatic carbocycles. The van der Waals surface area contributed by atoms with Gasteiger partial charge in [-0.05, 0) is 30.7 Å². The Hall–Kier alpha value is -0.960. The van der Waals surface area contributed by atoms with E-state index in [1.165, 1.54) is 28.6 Å². The summed E-state index contributed by atoms with van der Waals surface area (Å²) in [5.41, 5.74) is 0. The number of rotatable bonds is 6. The minimum Gasteiger partial charge on any atom is -0.353 e. The lowest BCUT2D eigenvalue weighted by Gasteiger charge is -2.33. The number of nitrogens with zero attached hydrogens (tertiary/aromatic N) is 1. The summed E-state index contributed by atoms with van der Waals surface area (Å²) in [6, 6.07) is 3.69. The molecule has 0 aliphatic carbocycles. The van der Waals surface area contributed by atoms with E-state index in [0.29, 0.717) is 30.1 Å². The number of hydrogen-bond acceptors (Lipinski definition) is 4. The molecule has 0 unspecified atom stereocenters. The highest BCUT2D eigenvalue weighted by Gasteiger charge is 2.33. The summed E-state index contributed by atoms with van der Waals surface area (Å²) < 4.78 is 27.0. The number of likely N-dealkylation sites (tertiary alicyclic amines) is 1. The second-order valence-corrected chi connectivity index (χ2v) is 10.5. The number of sulfonamides is 1. The van der Waals surface area contributed by atoms with Crippen LogP contribution in [0.2, 0.25) is 0 Å². The van der Waals surface area contributed by atoms with Crippen LogP contribution in [0.5, 0.6) is 0 Å². The van der Waals surface area contributed by atoms with Crippen LogP contribution in [-0.4, -0.2) is 57.4 Å². The van der Waals surface area contributed by atoms with Crippen LogP contribution >= 0.6 is 11.3 Å². The van der Waals surface area contributed by atoms with Crippen molar-refractivity contribution in [1.29, 1.82) is 0 Å². The lowest BCUT2D eigenvalue weighted by Crippen LogP contribution is -3.13. The molecular weight excluding hydrogens is 370 g/mol. The third kappa shape index (κ3) is 4.65. The third-order valence-electron chi connectivity index (χ3n) is 5.56. The summed E-state index contributed by atoms with van der Waals surface area (Å²) in [7, 11) is -3.39. The predicted molar refractivity (Wildman–Crippen MR) is 103 cm³/mol. The second-order valence-electron chi connectivity index (χ2n) is 7.39. The maximum Gasteiger partial charge on any atom is 0.252 e. The van der Waals surface area contributed by atoms with E-state index in [1.807, 2.05) is 0 Å². The van der Waals surface area contributed by atoms with E-state index >= 15 is 0 Å². The van der Waals surface area contributed by atoms with E-state index in [4.69, 9.17) is 0 Å². The average Bonchev–Trinajstić information content (AvgIpc) is 3.19. The molecular formula is C18H30N3O3S2+. The van der Waals surface area contributed by atoms with Crippen LogP contribution in [0.15, 0.2) is 21.7 Å². The number of thiophene rings is 1. The summed E-state index contributed by atoms with van der Waals surface area (Å²) in [4.78, 5) is 14.2. The minimum atomic E-state index is -3.39. The molecule has 0 atom stereocenters. The molecule has 2 fully saturated rings. The molecule has 3 rings (SSSR count). The first kappa shape index (κ1) is 19.8. The number of hydrogen-bond donors (Lipinski definition) is 2. The number of nitrogens with one attached hydrogen (secondary N) is 2. The Bertz CT molecular complexity index is 675. The van der Waals surface area contributed by atoms with Crippen LogP contribution < -0.4 is 10.2 Å². The molecule has 8 heteroatoms. The molecule has 1 aromatic heterocycles. The zero-order chi connectivity index (χ0) is 18.6. The van der Waals surface area contributed by atoms with Gasteiger partial charge in [0.05, 0.1) is 19.6 Å². The van der Waals surface area contributed by atoms with Gasteiger partial charge in [0, 0.05) is 37.9 Å². The molecule has 0 saturated carbocycles. The smallest absolute Gasteiger partial charge is 0.252 e. The maximum atomic E-state index is 12.6. The molecule has 2 aliphatic rings. The Morgan fingerprint density at radius 1 is 1.27 bits per heavy atom. The van der Waals surface area contributed by atoms with Gasteiger partial charge in [0.1, 0.15) is 4.21 Å². The fourth-order valence-corrected chi connectivity index (χ4v) is 6.60. The molecule has 1 amide bonds. The zero-order valence-corrected chi connectivity index (χ0v) is 17.1. The van der Waals surface area contributed by atoms with E-state index in [1.54, 1.807) is 22.4 Å². The van der Waals surface area contributed by atoms with Crippen LogP contribution in [0.3, 0.4) is 0 Å². The number of quaternary nitrogens is 1. The fraction of sp³-hybridized carbons (Fsp3) is 0.722. The van der Waals surface area contributed by atoms with Gasteiger partial charge in [0.2, 0.25) is 5.91 Å². The van der Waals surface area contributed by atoms with Crippen molar-refractivity contribution in [3.63, 3.8) is 0 Å². The Morgan fingerprint density at radius 2 is 1.96 bits per heavy atom. The first-order valence-corrected chi connectivity index (χ1v) is 12.0. The minimum absolute atomic E-state index is 0.0641. The van der Waals surface area contributed by atoms with Crippen LogP contribution in [0.1, 0.15) is 39.0 Å². The molecule has 2 aliphatic heterocycles. The Kier molecular flexibility index (Phi) is 6.71. The molecule has 0 spiro atoms. The summed E-state index contributed by atoms with van der Waals surface area (Å²) in [6.07, 6.45) is 4.52. The highest BCUT2D eigenvalue weighted by molar-refractivity contribution is 7.91. The topological polar surface area (TPSA) is 70.9 Å². The van der Waals surface area contributed by atoms with Crippen molar-refractivity contribution in [2.24, 2.45) is 5.92 Å². The maximum absolute atomic E-state index is 12.6. The van der Waals surface area contributed by atoms with Crippen molar-refractivity contribution in [1.82, 2.24) is 9.62 Å². The molecule has 3 heterocycles.